The van der Waals surface area contributed by atoms with Gasteiger partial charge in [0, 0.05) is 5.56 Å². The highest BCUT2D eigenvalue weighted by atomic mass is 35.5. The Hall–Kier alpha value is -1.24. The smallest absolute Gasteiger partial charge is 0.410 e. The van der Waals surface area contributed by atoms with E-state index in [4.69, 9.17) is 33.0 Å². The molecule has 0 saturated carbocycles. The van der Waals surface area contributed by atoms with E-state index in [1.54, 1.807) is 6.07 Å². The molecule has 1 heterocycles. The van der Waals surface area contributed by atoms with Crippen molar-refractivity contribution in [1.29, 1.82) is 0 Å². The first-order chi connectivity index (χ1) is 8.93. The number of ether oxygens (including phenoxy) is 1. The summed E-state index contributed by atoms with van der Waals surface area (Å²) in [4.78, 5) is 23.4. The fourth-order valence-electron chi connectivity index (χ4n) is 1.26. The predicted molar refractivity (Wildman–Crippen MR) is 73.9 cm³/mol. The lowest BCUT2D eigenvalue weighted by molar-refractivity contribution is -0.138. The Balaban J connectivity index is 2.79. The van der Waals surface area contributed by atoms with Crippen LogP contribution in [0.4, 0.5) is 4.79 Å². The van der Waals surface area contributed by atoms with E-state index in [-0.39, 0.29) is 13.2 Å². The molecular formula is C11H11Cl2NO4S. The molecule has 0 fully saturated rings. The minimum Gasteiger partial charge on any atom is -0.480 e. The van der Waals surface area contributed by atoms with Crippen molar-refractivity contribution in [2.45, 2.75) is 6.54 Å². The molecule has 1 amide bonds. The van der Waals surface area contributed by atoms with Gasteiger partial charge < -0.3 is 9.84 Å². The van der Waals surface area contributed by atoms with Gasteiger partial charge in [0.25, 0.3) is 0 Å². The van der Waals surface area contributed by atoms with Crippen LogP contribution < -0.4 is 0 Å². The topological polar surface area (TPSA) is 66.8 Å². The molecule has 0 aliphatic carbocycles. The molecule has 1 aromatic heterocycles. The highest BCUT2D eigenvalue weighted by Gasteiger charge is 2.20. The Kier molecular flexibility index (Phi) is 6.14. The summed E-state index contributed by atoms with van der Waals surface area (Å²) >= 11 is 12.9. The van der Waals surface area contributed by atoms with Crippen LogP contribution in [0.2, 0.25) is 8.67 Å². The Bertz CT molecular complexity index is 489. The van der Waals surface area contributed by atoms with Crippen LogP contribution in [0.3, 0.4) is 0 Å². The lowest BCUT2D eigenvalue weighted by atomic mass is 10.3. The van der Waals surface area contributed by atoms with Gasteiger partial charge in [-0.15, -0.1) is 11.3 Å². The largest absolute Gasteiger partial charge is 0.480 e. The molecule has 0 unspecified atom stereocenters. The highest BCUT2D eigenvalue weighted by molar-refractivity contribution is 7.20. The van der Waals surface area contributed by atoms with Gasteiger partial charge >= 0.3 is 12.1 Å². The Morgan fingerprint density at radius 2 is 2.21 bits per heavy atom. The predicted octanol–water partition coefficient (Wildman–Crippen LogP) is 3.26. The number of hydrogen-bond acceptors (Lipinski definition) is 4. The molecule has 0 aromatic carbocycles. The van der Waals surface area contributed by atoms with Crippen molar-refractivity contribution in [1.82, 2.24) is 4.90 Å². The number of amides is 1. The van der Waals surface area contributed by atoms with Gasteiger partial charge in [0.2, 0.25) is 0 Å². The van der Waals surface area contributed by atoms with Crippen molar-refractivity contribution in [2.24, 2.45) is 0 Å². The number of hydrogen-bond donors (Lipinski definition) is 1. The monoisotopic (exact) mass is 323 g/mol. The van der Waals surface area contributed by atoms with Gasteiger partial charge in [0.05, 0.1) is 15.2 Å². The summed E-state index contributed by atoms with van der Waals surface area (Å²) in [6.45, 7) is 2.94. The van der Waals surface area contributed by atoms with E-state index in [9.17, 15) is 9.59 Å². The van der Waals surface area contributed by atoms with Crippen LogP contribution in [0.15, 0.2) is 18.7 Å². The number of thiophene rings is 1. The molecule has 8 heteroatoms. The number of nitrogens with zero attached hydrogens (tertiary/aromatic N) is 1. The summed E-state index contributed by atoms with van der Waals surface area (Å²) in [5.41, 5.74) is 0.577. The molecule has 1 N–H and O–H groups in total. The average Bonchev–Trinajstić information content (AvgIpc) is 2.63. The highest BCUT2D eigenvalue weighted by Crippen LogP contribution is 2.32. The van der Waals surface area contributed by atoms with Crippen LogP contribution in [0.25, 0.3) is 0 Å². The third-order valence-electron chi connectivity index (χ3n) is 2.00. The SMILES string of the molecule is C=CCOC(=O)N(CC(=O)O)Cc1cc(Cl)sc1Cl. The number of halogens is 2. The van der Waals surface area contributed by atoms with Gasteiger partial charge in [-0.2, -0.15) is 0 Å². The van der Waals surface area contributed by atoms with E-state index in [1.807, 2.05) is 0 Å². The molecule has 0 spiro atoms. The van der Waals surface area contributed by atoms with E-state index in [0.717, 1.165) is 16.2 Å². The van der Waals surface area contributed by atoms with E-state index in [2.05, 4.69) is 6.58 Å². The van der Waals surface area contributed by atoms with Crippen molar-refractivity contribution >= 4 is 46.6 Å². The number of aliphatic carboxylic acids is 1. The molecule has 0 atom stereocenters. The summed E-state index contributed by atoms with van der Waals surface area (Å²) in [5.74, 6) is -1.15. The second-order valence-electron chi connectivity index (χ2n) is 3.46. The Morgan fingerprint density at radius 1 is 1.53 bits per heavy atom. The van der Waals surface area contributed by atoms with Crippen molar-refractivity contribution < 1.29 is 19.4 Å². The first-order valence-corrected chi connectivity index (χ1v) is 6.69. The minimum absolute atomic E-state index is 0.00702. The zero-order valence-corrected chi connectivity index (χ0v) is 12.1. The van der Waals surface area contributed by atoms with E-state index in [0.29, 0.717) is 14.2 Å². The number of rotatable bonds is 6. The molecule has 0 bridgehead atoms. The van der Waals surface area contributed by atoms with Gasteiger partial charge in [-0.1, -0.05) is 35.9 Å². The number of carbonyl (C=O) groups is 2. The van der Waals surface area contributed by atoms with Gasteiger partial charge in [-0.05, 0) is 6.07 Å². The maximum atomic E-state index is 11.7. The summed E-state index contributed by atoms with van der Waals surface area (Å²) in [6.07, 6.45) is 0.645. The molecule has 1 rings (SSSR count). The van der Waals surface area contributed by atoms with E-state index >= 15 is 0 Å². The zero-order valence-electron chi connectivity index (χ0n) is 9.77. The fraction of sp³-hybridized carbons (Fsp3) is 0.273. The molecule has 19 heavy (non-hydrogen) atoms. The summed E-state index contributed by atoms with van der Waals surface area (Å²) in [7, 11) is 0. The van der Waals surface area contributed by atoms with Crippen LogP contribution >= 0.6 is 34.5 Å². The lowest BCUT2D eigenvalue weighted by Gasteiger charge is -2.19. The normalized spacial score (nSPS) is 10.0. The third kappa shape index (κ3) is 5.10. The fourth-order valence-corrected chi connectivity index (χ4v) is 2.73. The first kappa shape index (κ1) is 15.8. The second-order valence-corrected chi connectivity index (χ2v) is 5.75. The third-order valence-corrected chi connectivity index (χ3v) is 3.57. The summed E-state index contributed by atoms with van der Waals surface area (Å²) in [6, 6.07) is 1.59. The maximum Gasteiger partial charge on any atom is 0.410 e. The summed E-state index contributed by atoms with van der Waals surface area (Å²) < 4.78 is 5.69. The number of carboxylic acid groups (broad SMARTS) is 1. The van der Waals surface area contributed by atoms with Gasteiger partial charge in [-0.3, -0.25) is 9.69 Å². The Labute approximate surface area is 124 Å². The van der Waals surface area contributed by atoms with Crippen molar-refractivity contribution in [3.05, 3.63) is 33.0 Å². The van der Waals surface area contributed by atoms with E-state index < -0.39 is 18.6 Å². The zero-order chi connectivity index (χ0) is 14.4. The van der Waals surface area contributed by atoms with E-state index in [1.165, 1.54) is 6.08 Å². The molecule has 104 valence electrons. The van der Waals surface area contributed by atoms with Crippen LogP contribution in [0, 0.1) is 0 Å². The van der Waals surface area contributed by atoms with Crippen LogP contribution in [0.1, 0.15) is 5.56 Å². The summed E-state index contributed by atoms with van der Waals surface area (Å²) in [5, 5.41) is 8.78. The number of carboxylic acids is 1. The second kappa shape index (κ2) is 7.37. The molecule has 0 aliphatic rings. The van der Waals surface area contributed by atoms with Gasteiger partial charge in [0.1, 0.15) is 13.2 Å². The average molecular weight is 324 g/mol. The first-order valence-electron chi connectivity index (χ1n) is 5.12. The molecule has 1 aromatic rings. The maximum absolute atomic E-state index is 11.7. The van der Waals surface area contributed by atoms with Crippen LogP contribution in [-0.2, 0) is 16.1 Å². The molecular weight excluding hydrogens is 313 g/mol. The molecule has 0 saturated heterocycles. The molecule has 5 nitrogen and oxygen atoms in total. The van der Waals surface area contributed by atoms with Gasteiger partial charge in [-0.25, -0.2) is 4.79 Å². The quantitative estimate of drug-likeness (QED) is 0.816. The van der Waals surface area contributed by atoms with Crippen molar-refractivity contribution in [3.8, 4) is 0 Å². The Morgan fingerprint density at radius 3 is 2.68 bits per heavy atom. The molecule has 0 radical (unpaired) electrons. The standard InChI is InChI=1S/C11H11Cl2NO4S/c1-2-3-18-11(17)14(6-9(15)16)5-7-4-8(12)19-10(7)13/h2,4H,1,3,5-6H2,(H,15,16). The van der Waals surface area contributed by atoms with Crippen LogP contribution in [0.5, 0.6) is 0 Å². The van der Waals surface area contributed by atoms with Crippen LogP contribution in [-0.4, -0.2) is 35.2 Å². The lowest BCUT2D eigenvalue weighted by Crippen LogP contribution is -2.35. The minimum atomic E-state index is -1.15. The van der Waals surface area contributed by atoms with Gasteiger partial charge in [0.15, 0.2) is 0 Å². The molecule has 0 aliphatic heterocycles. The van der Waals surface area contributed by atoms with Crippen molar-refractivity contribution in [2.75, 3.05) is 13.2 Å². The number of carbonyl (C=O) groups excluding carboxylic acids is 1. The van der Waals surface area contributed by atoms with Crippen molar-refractivity contribution in [3.63, 3.8) is 0 Å².